The number of carbonyl (C=O) groups excluding carboxylic acids is 2. The molecule has 0 aliphatic carbocycles. The van der Waals surface area contributed by atoms with E-state index in [1.165, 1.54) is 25.1 Å². The van der Waals surface area contributed by atoms with Gasteiger partial charge in [-0.1, -0.05) is 12.1 Å². The van der Waals surface area contributed by atoms with Crippen LogP contribution < -0.4 is 10.6 Å². The zero-order chi connectivity index (χ0) is 27.0. The number of carbonyl (C=O) groups is 2. The van der Waals surface area contributed by atoms with Crippen LogP contribution >= 0.6 is 0 Å². The molecule has 13 heteroatoms. The predicted molar refractivity (Wildman–Crippen MR) is 121 cm³/mol. The van der Waals surface area contributed by atoms with E-state index < -0.39 is 46.1 Å². The molecule has 1 aliphatic heterocycles. The highest BCUT2D eigenvalue weighted by atomic mass is 32.2. The van der Waals surface area contributed by atoms with Crippen molar-refractivity contribution in [3.63, 3.8) is 0 Å². The number of primary amides is 1. The molecule has 1 aliphatic rings. The van der Waals surface area contributed by atoms with Gasteiger partial charge in [0.25, 0.3) is 0 Å². The normalized spacial score (nSPS) is 16.5. The van der Waals surface area contributed by atoms with Crippen molar-refractivity contribution in [1.29, 1.82) is 10.5 Å². The lowest BCUT2D eigenvalue weighted by atomic mass is 9.93. The van der Waals surface area contributed by atoms with Gasteiger partial charge in [-0.05, 0) is 42.8 Å². The molecule has 0 saturated heterocycles. The van der Waals surface area contributed by atoms with Crippen LogP contribution in [0.1, 0.15) is 29.7 Å². The summed E-state index contributed by atoms with van der Waals surface area (Å²) in [6.07, 6.45) is -3.85. The highest BCUT2D eigenvalue weighted by Gasteiger charge is 2.42. The lowest BCUT2D eigenvalue weighted by molar-refractivity contribution is -0.137. The summed E-state index contributed by atoms with van der Waals surface area (Å²) in [5, 5.41) is 19.2. The van der Waals surface area contributed by atoms with E-state index in [0.29, 0.717) is 6.07 Å². The van der Waals surface area contributed by atoms with Crippen LogP contribution in [-0.2, 0) is 20.8 Å². The molecule has 1 unspecified atom stereocenters. The Kier molecular flexibility index (Phi) is 6.82. The fraction of sp³-hybridized carbons (Fsp3) is 0.217. The van der Waals surface area contributed by atoms with E-state index in [9.17, 15) is 41.7 Å². The second-order valence-electron chi connectivity index (χ2n) is 7.91. The third-order valence-electron chi connectivity index (χ3n) is 5.46. The Morgan fingerprint density at radius 1 is 1.14 bits per heavy atom. The average Bonchev–Trinajstić information content (AvgIpc) is 2.79. The number of hydrogen-bond acceptors (Lipinski definition) is 6. The highest BCUT2D eigenvalue weighted by molar-refractivity contribution is 7.90. The van der Waals surface area contributed by atoms with Gasteiger partial charge < -0.3 is 10.6 Å². The van der Waals surface area contributed by atoms with Crippen LogP contribution in [0.3, 0.4) is 0 Å². The van der Waals surface area contributed by atoms with Gasteiger partial charge in [-0.2, -0.15) is 23.7 Å². The van der Waals surface area contributed by atoms with E-state index in [4.69, 9.17) is 5.73 Å². The molecule has 0 bridgehead atoms. The standard InChI is InChI=1S/C23H18F3N5O4S/c1-13-18(11-28)21(17-7-6-14(10-27)8-19(17)36(2,34)35)30(12-20(29)32)22(33)31(13)16-5-3-4-15(9-16)23(24,25)26/h3-9,21H,12H2,1-2H3,(H2,29,32). The SMILES string of the molecule is CC1=C(C#N)C(c2ccc(C#N)cc2S(C)(=O)=O)N(CC(N)=O)C(=O)N1c1cccc(C(F)(F)F)c1. The number of halogens is 3. The number of alkyl halides is 3. The van der Waals surface area contributed by atoms with Gasteiger partial charge in [0.1, 0.15) is 6.54 Å². The first kappa shape index (κ1) is 26.2. The summed E-state index contributed by atoms with van der Waals surface area (Å²) in [4.78, 5) is 26.7. The first-order valence-corrected chi connectivity index (χ1v) is 12.0. The van der Waals surface area contributed by atoms with Crippen LogP contribution in [-0.4, -0.2) is 38.1 Å². The summed E-state index contributed by atoms with van der Waals surface area (Å²) >= 11 is 0. The number of amides is 3. The summed E-state index contributed by atoms with van der Waals surface area (Å²) < 4.78 is 65.0. The number of nitriles is 2. The topological polar surface area (TPSA) is 148 Å². The zero-order valence-corrected chi connectivity index (χ0v) is 19.7. The first-order chi connectivity index (χ1) is 16.7. The smallest absolute Gasteiger partial charge is 0.368 e. The van der Waals surface area contributed by atoms with Gasteiger partial charge in [0.05, 0.1) is 45.5 Å². The second-order valence-corrected chi connectivity index (χ2v) is 9.89. The Hall–Kier alpha value is -4.36. The lowest BCUT2D eigenvalue weighted by Crippen LogP contribution is -2.52. The van der Waals surface area contributed by atoms with E-state index in [1.807, 2.05) is 6.07 Å². The summed E-state index contributed by atoms with van der Waals surface area (Å²) in [7, 11) is -4.00. The van der Waals surface area contributed by atoms with Crippen LogP contribution in [0, 0.1) is 22.7 Å². The maximum absolute atomic E-state index is 13.6. The Labute approximate surface area is 204 Å². The third-order valence-corrected chi connectivity index (χ3v) is 6.61. The van der Waals surface area contributed by atoms with Gasteiger partial charge in [-0.3, -0.25) is 9.69 Å². The molecule has 2 aromatic carbocycles. The number of urea groups is 1. The van der Waals surface area contributed by atoms with Crippen LogP contribution in [0.4, 0.5) is 23.7 Å². The quantitative estimate of drug-likeness (QED) is 0.644. The van der Waals surface area contributed by atoms with Gasteiger partial charge in [0, 0.05) is 12.0 Å². The number of sulfone groups is 1. The van der Waals surface area contributed by atoms with E-state index in [2.05, 4.69) is 0 Å². The predicted octanol–water partition coefficient (Wildman–Crippen LogP) is 3.25. The van der Waals surface area contributed by atoms with Gasteiger partial charge >= 0.3 is 12.2 Å². The fourth-order valence-corrected chi connectivity index (χ4v) is 4.87. The molecule has 1 atom stereocenters. The number of rotatable bonds is 5. The van der Waals surface area contributed by atoms with Crippen LogP contribution in [0.25, 0.3) is 0 Å². The number of hydrogen-bond donors (Lipinski definition) is 1. The van der Waals surface area contributed by atoms with Crippen molar-refractivity contribution in [3.05, 3.63) is 70.4 Å². The summed E-state index contributed by atoms with van der Waals surface area (Å²) in [6.45, 7) is 0.537. The van der Waals surface area contributed by atoms with E-state index in [-0.39, 0.29) is 33.0 Å². The summed E-state index contributed by atoms with van der Waals surface area (Å²) in [5.74, 6) is -1.01. The minimum atomic E-state index is -4.72. The largest absolute Gasteiger partial charge is 0.416 e. The molecule has 9 nitrogen and oxygen atoms in total. The molecule has 2 N–H and O–H groups in total. The number of anilines is 1. The molecule has 3 amide bonds. The minimum absolute atomic E-state index is 0.00689. The van der Waals surface area contributed by atoms with Crippen molar-refractivity contribution in [2.45, 2.75) is 24.0 Å². The van der Waals surface area contributed by atoms with Crippen molar-refractivity contribution in [3.8, 4) is 12.1 Å². The van der Waals surface area contributed by atoms with Crippen LogP contribution in [0.15, 0.2) is 58.6 Å². The molecule has 186 valence electrons. The molecule has 0 radical (unpaired) electrons. The Morgan fingerprint density at radius 3 is 2.33 bits per heavy atom. The molecule has 0 spiro atoms. The van der Waals surface area contributed by atoms with Crippen molar-refractivity contribution >= 4 is 27.5 Å². The van der Waals surface area contributed by atoms with Gasteiger partial charge in [0.2, 0.25) is 5.91 Å². The van der Waals surface area contributed by atoms with E-state index in [1.54, 1.807) is 6.07 Å². The minimum Gasteiger partial charge on any atom is -0.368 e. The second kappa shape index (κ2) is 9.36. The van der Waals surface area contributed by atoms with Crippen molar-refractivity contribution in [2.75, 3.05) is 17.7 Å². The molecule has 0 fully saturated rings. The molecule has 36 heavy (non-hydrogen) atoms. The Balaban J connectivity index is 2.34. The monoisotopic (exact) mass is 517 g/mol. The third kappa shape index (κ3) is 4.87. The van der Waals surface area contributed by atoms with Crippen molar-refractivity contribution < 1.29 is 31.2 Å². The molecule has 2 aromatic rings. The maximum atomic E-state index is 13.6. The highest BCUT2D eigenvalue weighted by Crippen LogP contribution is 2.42. The summed E-state index contributed by atoms with van der Waals surface area (Å²) in [6, 6.07) is 8.68. The molecular formula is C23H18F3N5O4S. The fourth-order valence-electron chi connectivity index (χ4n) is 3.93. The van der Waals surface area contributed by atoms with Crippen LogP contribution in [0.2, 0.25) is 0 Å². The zero-order valence-electron chi connectivity index (χ0n) is 18.9. The Bertz CT molecular complexity index is 1490. The number of nitrogens with two attached hydrogens (primary N) is 1. The van der Waals surface area contributed by atoms with E-state index >= 15 is 0 Å². The van der Waals surface area contributed by atoms with Gasteiger partial charge in [-0.15, -0.1) is 0 Å². The van der Waals surface area contributed by atoms with E-state index in [0.717, 1.165) is 34.3 Å². The number of benzene rings is 2. The summed E-state index contributed by atoms with van der Waals surface area (Å²) in [5.41, 5.74) is 3.69. The number of nitrogens with zero attached hydrogens (tertiary/aromatic N) is 4. The molecule has 3 rings (SSSR count). The Morgan fingerprint density at radius 2 is 1.81 bits per heavy atom. The van der Waals surface area contributed by atoms with Gasteiger partial charge in [0.15, 0.2) is 9.84 Å². The molecular weight excluding hydrogens is 499 g/mol. The first-order valence-electron chi connectivity index (χ1n) is 10.1. The maximum Gasteiger partial charge on any atom is 0.416 e. The molecule has 1 heterocycles. The van der Waals surface area contributed by atoms with Gasteiger partial charge in [-0.25, -0.2) is 13.2 Å². The lowest BCUT2D eigenvalue weighted by Gasteiger charge is -2.41. The van der Waals surface area contributed by atoms with Crippen LogP contribution in [0.5, 0.6) is 0 Å². The number of allylic oxidation sites excluding steroid dienone is 1. The molecule has 0 saturated carbocycles. The average molecular weight is 517 g/mol. The van der Waals surface area contributed by atoms with Crippen molar-refractivity contribution in [1.82, 2.24) is 4.90 Å². The van der Waals surface area contributed by atoms with Crippen molar-refractivity contribution in [2.24, 2.45) is 5.73 Å². The molecule has 0 aromatic heterocycles.